The van der Waals surface area contributed by atoms with Gasteiger partial charge < -0.3 is 9.64 Å². The molecule has 0 N–H and O–H groups in total. The highest BCUT2D eigenvalue weighted by atomic mass is 16.6. The number of rotatable bonds is 3. The standard InChI is InChI=1S/C16H25N3O2/c1-16(2,3)21-15(20)18(4)14-7-9-19(12-14)11-13-6-5-8-17-10-13/h5-6,8,10,14H,7,9,11-12H2,1-4H3/t14-/m1/s1. The number of pyridine rings is 1. The van der Waals surface area contributed by atoms with Gasteiger partial charge in [-0.1, -0.05) is 6.07 Å². The number of amides is 1. The molecule has 1 aromatic heterocycles. The summed E-state index contributed by atoms with van der Waals surface area (Å²) in [4.78, 5) is 20.3. The first-order chi connectivity index (χ1) is 9.85. The lowest BCUT2D eigenvalue weighted by molar-refractivity contribution is 0.0228. The Morgan fingerprint density at radius 3 is 2.90 bits per heavy atom. The molecule has 0 radical (unpaired) electrons. The maximum atomic E-state index is 12.1. The van der Waals surface area contributed by atoms with Gasteiger partial charge in [0, 0.05) is 45.1 Å². The lowest BCUT2D eigenvalue weighted by Crippen LogP contribution is -2.42. The molecule has 21 heavy (non-hydrogen) atoms. The van der Waals surface area contributed by atoms with Crippen LogP contribution in [0.1, 0.15) is 32.8 Å². The number of carbonyl (C=O) groups excluding carboxylic acids is 1. The van der Waals surface area contributed by atoms with Crippen LogP contribution in [-0.4, -0.2) is 52.7 Å². The van der Waals surface area contributed by atoms with Gasteiger partial charge in [-0.3, -0.25) is 9.88 Å². The van der Waals surface area contributed by atoms with Crippen LogP contribution in [0, 0.1) is 0 Å². The summed E-state index contributed by atoms with van der Waals surface area (Å²) in [6.07, 6.45) is 4.42. The average Bonchev–Trinajstić information content (AvgIpc) is 2.85. The second-order valence-electron chi connectivity index (χ2n) is 6.63. The predicted molar refractivity (Wildman–Crippen MR) is 81.9 cm³/mol. The lowest BCUT2D eigenvalue weighted by atomic mass is 10.2. The molecule has 1 amide bonds. The van der Waals surface area contributed by atoms with Crippen LogP contribution in [0.5, 0.6) is 0 Å². The van der Waals surface area contributed by atoms with Gasteiger partial charge in [0.05, 0.1) is 0 Å². The van der Waals surface area contributed by atoms with Crippen molar-refractivity contribution in [2.45, 2.75) is 45.4 Å². The minimum atomic E-state index is -0.445. The van der Waals surface area contributed by atoms with Gasteiger partial charge in [0.15, 0.2) is 0 Å². The zero-order valence-corrected chi connectivity index (χ0v) is 13.4. The molecule has 5 heteroatoms. The molecule has 1 aliphatic heterocycles. The van der Waals surface area contributed by atoms with E-state index in [2.05, 4.69) is 16.0 Å². The molecule has 1 fully saturated rings. The number of hydrogen-bond donors (Lipinski definition) is 0. The quantitative estimate of drug-likeness (QED) is 0.858. The maximum Gasteiger partial charge on any atom is 0.410 e. The molecular formula is C16H25N3O2. The van der Waals surface area contributed by atoms with Gasteiger partial charge in [-0.25, -0.2) is 4.79 Å². The molecule has 0 spiro atoms. The molecular weight excluding hydrogens is 266 g/mol. The largest absolute Gasteiger partial charge is 0.444 e. The average molecular weight is 291 g/mol. The Kier molecular flexibility index (Phi) is 4.83. The Balaban J connectivity index is 1.85. The number of likely N-dealkylation sites (N-methyl/N-ethyl adjacent to an activating group) is 1. The third-order valence-electron chi connectivity index (χ3n) is 3.61. The highest BCUT2D eigenvalue weighted by Crippen LogP contribution is 2.19. The van der Waals surface area contributed by atoms with Gasteiger partial charge in [-0.05, 0) is 38.8 Å². The second-order valence-corrected chi connectivity index (χ2v) is 6.63. The van der Waals surface area contributed by atoms with Gasteiger partial charge in [-0.15, -0.1) is 0 Å². The number of carbonyl (C=O) groups is 1. The maximum absolute atomic E-state index is 12.1. The number of nitrogens with zero attached hydrogens (tertiary/aromatic N) is 3. The first kappa shape index (κ1) is 15.8. The van der Waals surface area contributed by atoms with E-state index in [1.54, 1.807) is 11.1 Å². The van der Waals surface area contributed by atoms with Crippen molar-refractivity contribution in [2.75, 3.05) is 20.1 Å². The summed E-state index contributed by atoms with van der Waals surface area (Å²) in [6, 6.07) is 4.25. The molecule has 0 saturated carbocycles. The zero-order chi connectivity index (χ0) is 15.5. The van der Waals surface area contributed by atoms with E-state index >= 15 is 0 Å². The van der Waals surface area contributed by atoms with Crippen LogP contribution in [0.2, 0.25) is 0 Å². The molecule has 0 unspecified atom stereocenters. The summed E-state index contributed by atoms with van der Waals surface area (Å²) in [5.41, 5.74) is 0.761. The van der Waals surface area contributed by atoms with Crippen LogP contribution in [0.25, 0.3) is 0 Å². The Bertz CT molecular complexity index is 470. The summed E-state index contributed by atoms with van der Waals surface area (Å²) in [5.74, 6) is 0. The Labute approximate surface area is 126 Å². The summed E-state index contributed by atoms with van der Waals surface area (Å²) in [7, 11) is 1.83. The normalized spacial score (nSPS) is 19.5. The van der Waals surface area contributed by atoms with Crippen molar-refractivity contribution in [2.24, 2.45) is 0 Å². The fourth-order valence-electron chi connectivity index (χ4n) is 2.50. The number of ether oxygens (including phenoxy) is 1. The van der Waals surface area contributed by atoms with Crippen molar-refractivity contribution in [3.05, 3.63) is 30.1 Å². The SMILES string of the molecule is CN(C(=O)OC(C)(C)C)[C@@H]1CCN(Cc2cccnc2)C1. The first-order valence-electron chi connectivity index (χ1n) is 7.42. The van der Waals surface area contributed by atoms with E-state index in [9.17, 15) is 4.79 Å². The van der Waals surface area contributed by atoms with Crippen LogP contribution in [-0.2, 0) is 11.3 Å². The van der Waals surface area contributed by atoms with Crippen LogP contribution >= 0.6 is 0 Å². The molecule has 2 rings (SSSR count). The molecule has 1 aliphatic rings. The molecule has 2 heterocycles. The van der Waals surface area contributed by atoms with Crippen LogP contribution in [0.3, 0.4) is 0 Å². The van der Waals surface area contributed by atoms with Crippen molar-refractivity contribution in [1.29, 1.82) is 0 Å². The second kappa shape index (κ2) is 6.43. The van der Waals surface area contributed by atoms with Crippen LogP contribution in [0.4, 0.5) is 4.79 Å². The van der Waals surface area contributed by atoms with Gasteiger partial charge in [0.25, 0.3) is 0 Å². The van der Waals surface area contributed by atoms with E-state index in [-0.39, 0.29) is 12.1 Å². The molecule has 0 aromatic carbocycles. The van der Waals surface area contributed by atoms with Crippen molar-refractivity contribution >= 4 is 6.09 Å². The number of hydrogen-bond acceptors (Lipinski definition) is 4. The monoisotopic (exact) mass is 291 g/mol. The van der Waals surface area contributed by atoms with Crippen molar-refractivity contribution in [1.82, 2.24) is 14.8 Å². The lowest BCUT2D eigenvalue weighted by Gasteiger charge is -2.28. The first-order valence-corrected chi connectivity index (χ1v) is 7.42. The van der Waals surface area contributed by atoms with Gasteiger partial charge in [0.2, 0.25) is 0 Å². The predicted octanol–water partition coefficient (Wildman–Crippen LogP) is 2.52. The topological polar surface area (TPSA) is 45.7 Å². The Morgan fingerprint density at radius 1 is 1.52 bits per heavy atom. The van der Waals surface area contributed by atoms with E-state index in [1.807, 2.05) is 40.1 Å². The van der Waals surface area contributed by atoms with Gasteiger partial charge in [0.1, 0.15) is 5.60 Å². The Hall–Kier alpha value is -1.62. The molecule has 1 aromatic rings. The highest BCUT2D eigenvalue weighted by molar-refractivity contribution is 5.68. The molecule has 1 saturated heterocycles. The summed E-state index contributed by atoms with van der Waals surface area (Å²) >= 11 is 0. The molecule has 116 valence electrons. The van der Waals surface area contributed by atoms with Crippen molar-refractivity contribution < 1.29 is 9.53 Å². The molecule has 5 nitrogen and oxygen atoms in total. The van der Waals surface area contributed by atoms with Crippen LogP contribution in [0.15, 0.2) is 24.5 Å². The van der Waals surface area contributed by atoms with Gasteiger partial charge >= 0.3 is 6.09 Å². The van der Waals surface area contributed by atoms with E-state index < -0.39 is 5.60 Å². The van der Waals surface area contributed by atoms with E-state index in [1.165, 1.54) is 5.56 Å². The fraction of sp³-hybridized carbons (Fsp3) is 0.625. The minimum absolute atomic E-state index is 0.219. The van der Waals surface area contributed by atoms with E-state index in [0.29, 0.717) is 0 Å². The summed E-state index contributed by atoms with van der Waals surface area (Å²) in [6.45, 7) is 8.43. The van der Waals surface area contributed by atoms with Crippen LogP contribution < -0.4 is 0 Å². The highest BCUT2D eigenvalue weighted by Gasteiger charge is 2.30. The zero-order valence-electron chi connectivity index (χ0n) is 13.4. The third-order valence-corrected chi connectivity index (χ3v) is 3.61. The number of aromatic nitrogens is 1. The minimum Gasteiger partial charge on any atom is -0.444 e. The summed E-state index contributed by atoms with van der Waals surface area (Å²) < 4.78 is 5.42. The smallest absolute Gasteiger partial charge is 0.410 e. The molecule has 0 bridgehead atoms. The number of likely N-dealkylation sites (tertiary alicyclic amines) is 1. The van der Waals surface area contributed by atoms with Crippen molar-refractivity contribution in [3.63, 3.8) is 0 Å². The van der Waals surface area contributed by atoms with Crippen molar-refractivity contribution in [3.8, 4) is 0 Å². The Morgan fingerprint density at radius 2 is 2.29 bits per heavy atom. The summed E-state index contributed by atoms with van der Waals surface area (Å²) in [5, 5.41) is 0. The molecule has 1 atom stereocenters. The molecule has 0 aliphatic carbocycles. The fourth-order valence-corrected chi connectivity index (χ4v) is 2.50. The van der Waals surface area contributed by atoms with E-state index in [0.717, 1.165) is 26.1 Å². The van der Waals surface area contributed by atoms with Gasteiger partial charge in [-0.2, -0.15) is 0 Å². The third kappa shape index (κ3) is 4.70. The van der Waals surface area contributed by atoms with E-state index in [4.69, 9.17) is 4.74 Å².